The van der Waals surface area contributed by atoms with Gasteiger partial charge in [-0.25, -0.2) is 4.79 Å². The molecule has 2 aliphatic rings. The molecule has 1 amide bonds. The van der Waals surface area contributed by atoms with Crippen molar-refractivity contribution in [3.63, 3.8) is 0 Å². The molecule has 6 nitrogen and oxygen atoms in total. The third-order valence-electron chi connectivity index (χ3n) is 6.80. The van der Waals surface area contributed by atoms with Crippen molar-refractivity contribution in [1.82, 2.24) is 4.90 Å². The number of carbonyl (C=O) groups excluding carboxylic acids is 3. The Morgan fingerprint density at radius 2 is 1.55 bits per heavy atom. The number of anilines is 1. The molecule has 5 rings (SSSR count). The number of likely N-dealkylation sites (tertiary alicyclic amines) is 1. The zero-order valence-electron chi connectivity index (χ0n) is 20.2. The predicted octanol–water partition coefficient (Wildman–Crippen LogP) is 6.43. The summed E-state index contributed by atoms with van der Waals surface area (Å²) in [6.07, 6.45) is -3.31. The largest absolute Gasteiger partial charge is 0.441 e. The molecule has 2 aliphatic heterocycles. The third-order valence-corrected chi connectivity index (χ3v) is 7.13. The highest BCUT2D eigenvalue weighted by Gasteiger charge is 2.47. The molecule has 0 N–H and O–H groups in total. The molecule has 10 heteroatoms. The van der Waals surface area contributed by atoms with Gasteiger partial charge in [-0.05, 0) is 41.5 Å². The molecule has 0 bridgehead atoms. The van der Waals surface area contributed by atoms with E-state index >= 15 is 0 Å². The molecule has 0 aliphatic carbocycles. The fraction of sp³-hybridized carbons (Fsp3) is 0.286. The molecule has 0 aromatic heterocycles. The standard InChI is InChI=1S/C27H24ClF3N2O2.CO2/c28-24-9-5-4-8-23(24)22-11-10-20(27(29,30)31)16-19(22)17-32-14-12-26(13-15-32)18-33(25(34)35-26)21-6-2-1-3-7-21;2-1-3/h1-11,16H,12-15,17-18H2;. The van der Waals surface area contributed by atoms with Gasteiger partial charge in [-0.1, -0.05) is 54.1 Å². The number of benzene rings is 3. The van der Waals surface area contributed by atoms with Crippen molar-refractivity contribution in [1.29, 1.82) is 0 Å². The third kappa shape index (κ3) is 6.07. The zero-order valence-corrected chi connectivity index (χ0v) is 21.0. The van der Waals surface area contributed by atoms with Crippen LogP contribution in [-0.2, 0) is 27.0 Å². The number of para-hydroxylation sites is 1. The minimum Gasteiger partial charge on any atom is -0.441 e. The van der Waals surface area contributed by atoms with Gasteiger partial charge >= 0.3 is 18.4 Å². The van der Waals surface area contributed by atoms with Crippen LogP contribution in [0.2, 0.25) is 5.02 Å². The minimum atomic E-state index is -4.43. The zero-order chi connectivity index (χ0) is 27.3. The first-order valence-corrected chi connectivity index (χ1v) is 12.3. The van der Waals surface area contributed by atoms with Gasteiger partial charge in [-0.2, -0.15) is 22.8 Å². The molecule has 0 atom stereocenters. The minimum absolute atomic E-state index is 0.250. The van der Waals surface area contributed by atoms with E-state index in [9.17, 15) is 18.0 Å². The van der Waals surface area contributed by atoms with Gasteiger partial charge in [0.1, 0.15) is 5.60 Å². The highest BCUT2D eigenvalue weighted by atomic mass is 35.5. The molecule has 1 spiro atoms. The van der Waals surface area contributed by atoms with E-state index in [2.05, 4.69) is 4.90 Å². The number of piperidine rings is 1. The Morgan fingerprint density at radius 3 is 2.18 bits per heavy atom. The van der Waals surface area contributed by atoms with Gasteiger partial charge in [-0.15, -0.1) is 0 Å². The Bertz CT molecular complexity index is 1320. The average molecular weight is 545 g/mol. The second-order valence-corrected chi connectivity index (χ2v) is 9.59. The SMILES string of the molecule is O=C1OC2(CCN(Cc3cc(C(F)(F)F)ccc3-c3ccccc3Cl)CC2)CN1c1ccccc1.O=C=O. The van der Waals surface area contributed by atoms with Crippen LogP contribution in [0.15, 0.2) is 72.8 Å². The van der Waals surface area contributed by atoms with Gasteiger partial charge < -0.3 is 4.74 Å². The Kier molecular flexibility index (Phi) is 8.21. The van der Waals surface area contributed by atoms with Gasteiger partial charge in [0, 0.05) is 48.7 Å². The van der Waals surface area contributed by atoms with Crippen molar-refractivity contribution in [2.45, 2.75) is 31.2 Å². The lowest BCUT2D eigenvalue weighted by Crippen LogP contribution is -2.46. The number of rotatable bonds is 4. The maximum atomic E-state index is 13.5. The van der Waals surface area contributed by atoms with Crippen LogP contribution in [-0.4, -0.2) is 42.4 Å². The molecule has 2 fully saturated rings. The normalized spacial score (nSPS) is 16.9. The van der Waals surface area contributed by atoms with Crippen LogP contribution in [0, 0.1) is 0 Å². The summed E-state index contributed by atoms with van der Waals surface area (Å²) in [5.41, 5.74) is 1.49. The van der Waals surface area contributed by atoms with E-state index in [1.54, 1.807) is 17.0 Å². The van der Waals surface area contributed by atoms with Gasteiger partial charge in [0.05, 0.1) is 12.1 Å². The summed E-state index contributed by atoms with van der Waals surface area (Å²) in [6, 6.07) is 20.4. The number of amides is 1. The van der Waals surface area contributed by atoms with E-state index in [4.69, 9.17) is 25.9 Å². The summed E-state index contributed by atoms with van der Waals surface area (Å²) in [5.74, 6) is 0. The molecule has 2 saturated heterocycles. The molecule has 3 aromatic rings. The highest BCUT2D eigenvalue weighted by molar-refractivity contribution is 6.33. The summed E-state index contributed by atoms with van der Waals surface area (Å²) >= 11 is 6.37. The summed E-state index contributed by atoms with van der Waals surface area (Å²) < 4.78 is 46.3. The maximum absolute atomic E-state index is 13.5. The quantitative estimate of drug-likeness (QED) is 0.378. The second kappa shape index (κ2) is 11.4. The van der Waals surface area contributed by atoms with Gasteiger partial charge in [0.2, 0.25) is 0 Å². The summed E-state index contributed by atoms with van der Waals surface area (Å²) in [4.78, 5) is 32.6. The van der Waals surface area contributed by atoms with Gasteiger partial charge in [0.25, 0.3) is 0 Å². The number of alkyl halides is 3. The number of nitrogens with zero attached hydrogens (tertiary/aromatic N) is 2. The first-order valence-electron chi connectivity index (χ1n) is 11.9. The van der Waals surface area contributed by atoms with Crippen LogP contribution in [0.25, 0.3) is 11.1 Å². The van der Waals surface area contributed by atoms with E-state index in [-0.39, 0.29) is 12.2 Å². The predicted molar refractivity (Wildman–Crippen MR) is 134 cm³/mol. The Morgan fingerprint density at radius 1 is 0.921 bits per heavy atom. The number of hydrogen-bond acceptors (Lipinski definition) is 5. The summed E-state index contributed by atoms with van der Waals surface area (Å²) in [5, 5.41) is 0.491. The van der Waals surface area contributed by atoms with Crippen molar-refractivity contribution in [2.24, 2.45) is 0 Å². The number of halogens is 4. The number of carbonyl (C=O) groups is 1. The molecule has 0 unspecified atom stereocenters. The maximum Gasteiger partial charge on any atom is 0.416 e. The lowest BCUT2D eigenvalue weighted by molar-refractivity contribution is -0.191. The first kappa shape index (κ1) is 27.4. The average Bonchev–Trinajstić information content (AvgIpc) is 3.22. The van der Waals surface area contributed by atoms with E-state index < -0.39 is 17.3 Å². The van der Waals surface area contributed by atoms with Crippen molar-refractivity contribution in [2.75, 3.05) is 24.5 Å². The Hall–Kier alpha value is -3.65. The van der Waals surface area contributed by atoms with Crippen LogP contribution < -0.4 is 4.90 Å². The Balaban J connectivity index is 0.00000107. The van der Waals surface area contributed by atoms with Crippen LogP contribution in [0.3, 0.4) is 0 Å². The van der Waals surface area contributed by atoms with Crippen LogP contribution in [0.5, 0.6) is 0 Å². The summed E-state index contributed by atoms with van der Waals surface area (Å²) in [7, 11) is 0. The molecule has 3 aromatic carbocycles. The molecule has 0 radical (unpaired) electrons. The van der Waals surface area contributed by atoms with Crippen molar-refractivity contribution >= 4 is 29.5 Å². The van der Waals surface area contributed by atoms with Crippen LogP contribution in [0.1, 0.15) is 24.0 Å². The lowest BCUT2D eigenvalue weighted by atomic mass is 9.90. The second-order valence-electron chi connectivity index (χ2n) is 9.18. The smallest absolute Gasteiger partial charge is 0.416 e. The topological polar surface area (TPSA) is 66.9 Å². The molecule has 0 saturated carbocycles. The van der Waals surface area contributed by atoms with Crippen molar-refractivity contribution in [3.05, 3.63) is 88.9 Å². The molecular weight excluding hydrogens is 521 g/mol. The lowest BCUT2D eigenvalue weighted by Gasteiger charge is -2.37. The van der Waals surface area contributed by atoms with Crippen molar-refractivity contribution < 1.29 is 32.3 Å². The van der Waals surface area contributed by atoms with Gasteiger partial charge in [0.15, 0.2) is 0 Å². The van der Waals surface area contributed by atoms with E-state index in [0.29, 0.717) is 60.7 Å². The fourth-order valence-corrected chi connectivity index (χ4v) is 5.13. The number of hydrogen-bond donors (Lipinski definition) is 0. The fourth-order valence-electron chi connectivity index (χ4n) is 4.89. The van der Waals surface area contributed by atoms with Crippen LogP contribution in [0.4, 0.5) is 23.7 Å². The Labute approximate surface area is 222 Å². The number of ether oxygens (including phenoxy) is 1. The monoisotopic (exact) mass is 544 g/mol. The van der Waals surface area contributed by atoms with E-state index in [1.165, 1.54) is 12.1 Å². The van der Waals surface area contributed by atoms with Gasteiger partial charge in [-0.3, -0.25) is 9.80 Å². The molecule has 198 valence electrons. The van der Waals surface area contributed by atoms with Crippen LogP contribution >= 0.6 is 11.6 Å². The first-order chi connectivity index (χ1) is 18.2. The molecular formula is C28H24ClF3N2O4. The summed E-state index contributed by atoms with van der Waals surface area (Å²) in [6.45, 7) is 2.03. The highest BCUT2D eigenvalue weighted by Crippen LogP contribution is 2.39. The molecule has 38 heavy (non-hydrogen) atoms. The van der Waals surface area contributed by atoms with E-state index in [0.717, 1.165) is 11.8 Å². The molecule has 2 heterocycles. The van der Waals surface area contributed by atoms with Crippen molar-refractivity contribution in [3.8, 4) is 11.1 Å². The van der Waals surface area contributed by atoms with E-state index in [1.807, 2.05) is 42.5 Å².